The van der Waals surface area contributed by atoms with Crippen molar-refractivity contribution in [3.63, 3.8) is 0 Å². The highest BCUT2D eigenvalue weighted by Gasteiger charge is 2.55. The van der Waals surface area contributed by atoms with Gasteiger partial charge in [0.05, 0.1) is 13.8 Å². The van der Waals surface area contributed by atoms with Gasteiger partial charge in [-0.2, -0.15) is 0 Å². The predicted molar refractivity (Wildman–Crippen MR) is 142 cm³/mol. The summed E-state index contributed by atoms with van der Waals surface area (Å²) in [5, 5.41) is 14.6. The fourth-order valence-corrected chi connectivity index (χ4v) is 10.2. The highest BCUT2D eigenvalue weighted by molar-refractivity contribution is 6.78. The van der Waals surface area contributed by atoms with Crippen LogP contribution in [0.4, 0.5) is 4.79 Å². The van der Waals surface area contributed by atoms with Gasteiger partial charge in [0, 0.05) is 30.1 Å². The molecule has 0 radical (unpaired) electrons. The first-order valence-electron chi connectivity index (χ1n) is 13.5. The Kier molecular flexibility index (Phi) is 6.70. The molecule has 4 fully saturated rings. The number of aromatic amines is 1. The molecule has 3 N–H and O–H groups in total. The minimum atomic E-state index is -2.24. The molecule has 4 bridgehead atoms. The van der Waals surface area contributed by atoms with E-state index >= 15 is 0 Å². The molecule has 1 aromatic carbocycles. The first-order valence-corrected chi connectivity index (χ1v) is 17.1. The highest BCUT2D eigenvalue weighted by Crippen LogP contribution is 2.54. The first-order chi connectivity index (χ1) is 17.1. The van der Waals surface area contributed by atoms with Crippen molar-refractivity contribution in [3.05, 3.63) is 36.0 Å². The number of hydrogen-bond acceptors (Lipinski definition) is 4. The molecular formula is C28H40N2O5Si. The number of para-hydroxylation sites is 1. The normalized spacial score (nSPS) is 29.6. The lowest BCUT2D eigenvalue weighted by Crippen LogP contribution is -2.70. The topological polar surface area (TPSA) is 101 Å². The molecule has 1 amide bonds. The van der Waals surface area contributed by atoms with Crippen LogP contribution in [0.3, 0.4) is 0 Å². The van der Waals surface area contributed by atoms with Crippen molar-refractivity contribution in [1.29, 1.82) is 0 Å². The van der Waals surface area contributed by atoms with Crippen molar-refractivity contribution in [2.45, 2.75) is 82.5 Å². The van der Waals surface area contributed by atoms with E-state index in [1.54, 1.807) is 0 Å². The quantitative estimate of drug-likeness (QED) is 0.392. The number of benzene rings is 1. The van der Waals surface area contributed by atoms with Gasteiger partial charge < -0.3 is 24.9 Å². The zero-order valence-corrected chi connectivity index (χ0v) is 22.9. The van der Waals surface area contributed by atoms with E-state index in [0.717, 1.165) is 54.0 Å². The van der Waals surface area contributed by atoms with Gasteiger partial charge in [0.1, 0.15) is 6.10 Å². The van der Waals surface area contributed by atoms with Crippen LogP contribution < -0.4 is 5.32 Å². The van der Waals surface area contributed by atoms with Crippen LogP contribution in [0.15, 0.2) is 30.5 Å². The first kappa shape index (κ1) is 25.3. The van der Waals surface area contributed by atoms with E-state index in [1.807, 2.05) is 37.4 Å². The molecule has 2 aromatic rings. The number of amides is 1. The second-order valence-electron chi connectivity index (χ2n) is 12.4. The van der Waals surface area contributed by atoms with E-state index in [2.05, 4.69) is 29.9 Å². The van der Waals surface area contributed by atoms with E-state index in [0.29, 0.717) is 18.4 Å². The number of carbonyl (C=O) groups excluding carboxylic acids is 1. The van der Waals surface area contributed by atoms with E-state index in [4.69, 9.17) is 9.47 Å². The third-order valence-corrected chi connectivity index (χ3v) is 11.0. The second kappa shape index (κ2) is 9.52. The predicted octanol–water partition coefficient (Wildman–Crippen LogP) is 5.37. The number of H-pyrrole nitrogens is 1. The standard InChI is InChI=1S/C28H40N2O5Si/c1-5-34-26(36(2,3)4)28(25(31)32,15-21-16-29-23-9-7-6-8-22(21)23)30-27(33)35-24-19-11-17-10-18(13-19)14-20(24)12-17/h6-9,16-20,24,26,29H,5,10-15H2,1-4H3,(H,30,33)(H,31,32). The van der Waals surface area contributed by atoms with Crippen LogP contribution in [0.5, 0.6) is 0 Å². The average Bonchev–Trinajstić information content (AvgIpc) is 3.21. The van der Waals surface area contributed by atoms with Gasteiger partial charge in [0.15, 0.2) is 5.54 Å². The molecule has 4 saturated carbocycles. The van der Waals surface area contributed by atoms with Gasteiger partial charge >= 0.3 is 12.1 Å². The second-order valence-corrected chi connectivity index (χ2v) is 17.7. The van der Waals surface area contributed by atoms with Crippen LogP contribution in [0.25, 0.3) is 10.9 Å². The molecule has 0 saturated heterocycles. The molecule has 8 heteroatoms. The number of aromatic nitrogens is 1. The van der Waals surface area contributed by atoms with Crippen LogP contribution in [0.2, 0.25) is 19.6 Å². The number of ether oxygens (including phenoxy) is 2. The van der Waals surface area contributed by atoms with Crippen molar-refractivity contribution >= 4 is 31.0 Å². The minimum absolute atomic E-state index is 0.109. The Morgan fingerprint density at radius 3 is 2.33 bits per heavy atom. The summed E-state index contributed by atoms with van der Waals surface area (Å²) in [6.45, 7) is 8.50. The van der Waals surface area contributed by atoms with Gasteiger partial charge in [-0.15, -0.1) is 0 Å². The Labute approximate surface area is 214 Å². The van der Waals surface area contributed by atoms with Gasteiger partial charge in [0.25, 0.3) is 0 Å². The Morgan fingerprint density at radius 2 is 1.75 bits per heavy atom. The zero-order valence-electron chi connectivity index (χ0n) is 21.9. The summed E-state index contributed by atoms with van der Waals surface area (Å²) < 4.78 is 12.3. The molecule has 6 rings (SSSR count). The van der Waals surface area contributed by atoms with Crippen molar-refractivity contribution < 1.29 is 24.2 Å². The van der Waals surface area contributed by atoms with Crippen molar-refractivity contribution in [2.24, 2.45) is 23.7 Å². The molecule has 196 valence electrons. The Hall–Kier alpha value is -2.32. The molecule has 36 heavy (non-hydrogen) atoms. The van der Waals surface area contributed by atoms with Gasteiger partial charge in [-0.25, -0.2) is 9.59 Å². The lowest BCUT2D eigenvalue weighted by Gasteiger charge is -2.53. The van der Waals surface area contributed by atoms with Crippen LogP contribution in [0, 0.1) is 23.7 Å². The number of carbonyl (C=O) groups is 2. The van der Waals surface area contributed by atoms with Crippen molar-refractivity contribution in [2.75, 3.05) is 6.61 Å². The summed E-state index contributed by atoms with van der Waals surface area (Å²) >= 11 is 0. The van der Waals surface area contributed by atoms with Crippen LogP contribution in [-0.4, -0.2) is 54.2 Å². The summed E-state index contributed by atoms with van der Waals surface area (Å²) in [6.07, 6.45) is 7.04. The summed E-state index contributed by atoms with van der Waals surface area (Å²) in [4.78, 5) is 30.0. The van der Waals surface area contributed by atoms with E-state index < -0.39 is 31.4 Å². The molecule has 1 aromatic heterocycles. The molecule has 0 spiro atoms. The fourth-order valence-electron chi connectivity index (χ4n) is 7.72. The number of carboxylic acid groups (broad SMARTS) is 1. The number of aliphatic carboxylic acids is 1. The van der Waals surface area contributed by atoms with Gasteiger partial charge in [0.2, 0.25) is 0 Å². The molecule has 1 heterocycles. The number of rotatable bonds is 9. The number of alkyl carbamates (subject to hydrolysis) is 1. The maximum Gasteiger partial charge on any atom is 0.408 e. The largest absolute Gasteiger partial charge is 0.479 e. The Bertz CT molecular complexity index is 1100. The maximum atomic E-state index is 13.5. The Morgan fingerprint density at radius 1 is 1.11 bits per heavy atom. The van der Waals surface area contributed by atoms with Crippen LogP contribution >= 0.6 is 0 Å². The van der Waals surface area contributed by atoms with Gasteiger partial charge in [-0.3, -0.25) is 0 Å². The van der Waals surface area contributed by atoms with Gasteiger partial charge in [-0.05, 0) is 74.3 Å². The minimum Gasteiger partial charge on any atom is -0.479 e. The van der Waals surface area contributed by atoms with Crippen molar-refractivity contribution in [3.8, 4) is 0 Å². The van der Waals surface area contributed by atoms with Crippen LogP contribution in [0.1, 0.15) is 44.6 Å². The molecule has 0 aliphatic heterocycles. The maximum absolute atomic E-state index is 13.5. The summed E-state index contributed by atoms with van der Waals surface area (Å²) in [7, 11) is -2.24. The summed E-state index contributed by atoms with van der Waals surface area (Å²) in [5.74, 6) is 1.25. The van der Waals surface area contributed by atoms with Gasteiger partial charge in [-0.1, -0.05) is 37.8 Å². The average molecular weight is 513 g/mol. The lowest BCUT2D eigenvalue weighted by atomic mass is 9.55. The van der Waals surface area contributed by atoms with E-state index in [1.165, 1.54) is 6.42 Å². The third-order valence-electron chi connectivity index (χ3n) is 8.80. The molecular weight excluding hydrogens is 472 g/mol. The number of nitrogens with one attached hydrogen (secondary N) is 2. The highest BCUT2D eigenvalue weighted by atomic mass is 28.3. The zero-order chi connectivity index (χ0) is 25.7. The van der Waals surface area contributed by atoms with Crippen LogP contribution in [-0.2, 0) is 20.7 Å². The summed E-state index contributed by atoms with van der Waals surface area (Å²) in [6, 6.07) is 7.83. The number of carboxylic acids is 1. The fraction of sp³-hybridized carbons (Fsp3) is 0.643. The molecule has 7 nitrogen and oxygen atoms in total. The SMILES string of the molecule is CCOC(C(Cc1c[nH]c2ccccc12)(NC(=O)OC1C2CC3CC(C2)CC1C3)C(=O)O)[Si](C)(C)C. The van der Waals surface area contributed by atoms with Crippen molar-refractivity contribution in [1.82, 2.24) is 10.3 Å². The molecule has 2 unspecified atom stereocenters. The lowest BCUT2D eigenvalue weighted by molar-refractivity contribution is -0.150. The monoisotopic (exact) mass is 512 g/mol. The molecule has 4 aliphatic carbocycles. The number of hydrogen-bond donors (Lipinski definition) is 3. The van der Waals surface area contributed by atoms with E-state index in [-0.39, 0.29) is 12.5 Å². The van der Waals surface area contributed by atoms with E-state index in [9.17, 15) is 14.7 Å². The Balaban J connectivity index is 1.47. The smallest absolute Gasteiger partial charge is 0.408 e. The molecule has 4 aliphatic rings. The number of fused-ring (bicyclic) bond motifs is 1. The summed E-state index contributed by atoms with van der Waals surface area (Å²) in [5.41, 5.74) is -0.518. The third kappa shape index (κ3) is 4.58. The molecule has 2 atom stereocenters.